The van der Waals surface area contributed by atoms with Crippen LogP contribution in [0.4, 0.5) is 0 Å². The summed E-state index contributed by atoms with van der Waals surface area (Å²) in [6, 6.07) is 0. The highest BCUT2D eigenvalue weighted by Crippen LogP contribution is 2.06. The van der Waals surface area contributed by atoms with Gasteiger partial charge >= 0.3 is 13.6 Å². The second-order valence-electron chi connectivity index (χ2n) is 0.597. The van der Waals surface area contributed by atoms with E-state index in [4.69, 9.17) is 5.26 Å². The smallest absolute Gasteiger partial charge is 0.139 e. The van der Waals surface area contributed by atoms with Crippen LogP contribution in [0.5, 0.6) is 0 Å². The normalized spacial score (nSPS) is 9.20. The van der Waals surface area contributed by atoms with Gasteiger partial charge in [0.15, 0.2) is 6.66 Å². The second-order valence-corrected chi connectivity index (χ2v) is 1.79. The van der Waals surface area contributed by atoms with E-state index in [2.05, 4.69) is 0 Å². The van der Waals surface area contributed by atoms with E-state index < -0.39 is 7.80 Å². The number of hydrogen-bond acceptors (Lipinski definition) is 2. The Hall–Kier alpha value is -0.410. The first kappa shape index (κ1) is 4.59. The quantitative estimate of drug-likeness (QED) is 0.413. The Morgan fingerprint density at radius 2 is 2.20 bits per heavy atom. The average Bonchev–Trinajstić information content (AvgIpc) is 1.38. The van der Waals surface area contributed by atoms with Crippen LogP contribution in [0, 0.1) is 11.1 Å². The van der Waals surface area contributed by atoms with E-state index in [1.807, 2.05) is 0 Å². The molecule has 0 saturated heterocycles. The van der Waals surface area contributed by atoms with Gasteiger partial charge in [0, 0.05) is 0 Å². The van der Waals surface area contributed by atoms with E-state index in [0.717, 1.165) is 0 Å². The molecule has 0 saturated carbocycles. The van der Waals surface area contributed by atoms with E-state index in [-0.39, 0.29) is 0 Å². The zero-order valence-electron chi connectivity index (χ0n) is 2.80. The van der Waals surface area contributed by atoms with Crippen LogP contribution >= 0.6 is 7.80 Å². The van der Waals surface area contributed by atoms with Crippen molar-refractivity contribution in [2.24, 2.45) is 0 Å². The van der Waals surface area contributed by atoms with Crippen LogP contribution < -0.4 is 0 Å². The van der Waals surface area contributed by atoms with Crippen LogP contribution in [-0.4, -0.2) is 6.66 Å². The molecule has 0 heterocycles. The molecule has 0 aliphatic rings. The fourth-order valence-electron chi connectivity index (χ4n) is 0. The molecule has 0 aromatic carbocycles. The van der Waals surface area contributed by atoms with Gasteiger partial charge in [0.1, 0.15) is 0 Å². The molecule has 2 nitrogen and oxygen atoms in total. The molecule has 5 heavy (non-hydrogen) atoms. The molecule has 0 aliphatic heterocycles. The minimum absolute atomic E-state index is 1.37. The molecule has 0 amide bonds. The minimum Gasteiger partial charge on any atom is -0.139 e. The van der Waals surface area contributed by atoms with Crippen LogP contribution in [0.15, 0.2) is 0 Å². The van der Waals surface area contributed by atoms with Crippen molar-refractivity contribution in [3.05, 3.63) is 0 Å². The summed E-state index contributed by atoms with van der Waals surface area (Å²) in [5.41, 5.74) is 0. The fourth-order valence-corrected chi connectivity index (χ4v) is 0. The summed E-state index contributed by atoms with van der Waals surface area (Å²) < 4.78 is 9.60. The Kier molecular flexibility index (Phi) is 1.72. The molecule has 0 aromatic rings. The Labute approximate surface area is 31.2 Å². The highest BCUT2D eigenvalue weighted by Gasteiger charge is 1.95. The SMILES string of the molecule is C[P+](=O)C#N. The summed E-state index contributed by atoms with van der Waals surface area (Å²) in [4.78, 5) is 0. The van der Waals surface area contributed by atoms with Crippen molar-refractivity contribution in [2.45, 2.75) is 0 Å². The molecule has 0 aliphatic carbocycles. The molecule has 0 N–H and O–H groups in total. The topological polar surface area (TPSA) is 40.9 Å². The maximum atomic E-state index is 9.60. The molecule has 0 bridgehead atoms. The molecule has 0 radical (unpaired) electrons. The predicted octanol–water partition coefficient (Wildman–Crippen LogP) is 0.925. The lowest BCUT2D eigenvalue weighted by molar-refractivity contribution is 0.596. The zero-order chi connectivity index (χ0) is 4.28. The summed E-state index contributed by atoms with van der Waals surface area (Å²) in [6.07, 6.45) is 0. The Balaban J connectivity index is 3.35. The maximum absolute atomic E-state index is 9.60. The van der Waals surface area contributed by atoms with E-state index in [1.165, 1.54) is 12.5 Å². The van der Waals surface area contributed by atoms with Gasteiger partial charge in [-0.1, -0.05) is 4.57 Å². The van der Waals surface area contributed by atoms with Gasteiger partial charge in [0.05, 0.1) is 0 Å². The van der Waals surface area contributed by atoms with E-state index in [1.54, 1.807) is 0 Å². The summed E-state index contributed by atoms with van der Waals surface area (Å²) in [5.74, 6) is 1.54. The first-order valence-corrected chi connectivity index (χ1v) is 2.78. The Morgan fingerprint density at radius 1 is 2.00 bits per heavy atom. The van der Waals surface area contributed by atoms with Gasteiger partial charge in [0.2, 0.25) is 0 Å². The van der Waals surface area contributed by atoms with Crippen molar-refractivity contribution < 1.29 is 4.57 Å². The van der Waals surface area contributed by atoms with Gasteiger partial charge in [0.25, 0.3) is 0 Å². The van der Waals surface area contributed by atoms with E-state index in [9.17, 15) is 4.57 Å². The Morgan fingerprint density at radius 3 is 2.20 bits per heavy atom. The average molecular weight is 88.0 g/mol. The lowest BCUT2D eigenvalue weighted by Crippen LogP contribution is -1.34. The molecule has 0 aromatic heterocycles. The third kappa shape index (κ3) is 3.59. The van der Waals surface area contributed by atoms with Gasteiger partial charge < -0.3 is 0 Å². The van der Waals surface area contributed by atoms with Crippen molar-refractivity contribution in [1.29, 1.82) is 5.26 Å². The highest BCUT2D eigenvalue weighted by molar-refractivity contribution is 7.49. The molecule has 1 unspecified atom stereocenters. The molecule has 26 valence electrons. The zero-order valence-corrected chi connectivity index (χ0v) is 3.70. The molecule has 0 spiro atoms. The van der Waals surface area contributed by atoms with E-state index >= 15 is 0 Å². The third-order valence-corrected chi connectivity index (χ3v) is 0.422. The molecule has 0 fully saturated rings. The Bertz CT molecular complexity index is 82.1. The fraction of sp³-hybridized carbons (Fsp3) is 0.500. The van der Waals surface area contributed by atoms with Crippen molar-refractivity contribution >= 4 is 7.80 Å². The van der Waals surface area contributed by atoms with E-state index in [0.29, 0.717) is 0 Å². The predicted molar refractivity (Wildman–Crippen MR) is 19.1 cm³/mol. The molecule has 0 rings (SSSR count). The number of hydrogen-bond donors (Lipinski definition) is 0. The first-order chi connectivity index (χ1) is 2.27. The second kappa shape index (κ2) is 1.87. The number of rotatable bonds is 0. The van der Waals surface area contributed by atoms with Crippen molar-refractivity contribution in [1.82, 2.24) is 0 Å². The molecule has 1 atom stereocenters. The third-order valence-electron chi connectivity index (χ3n) is 0.141. The van der Waals surface area contributed by atoms with Crippen molar-refractivity contribution in [2.75, 3.05) is 6.66 Å². The lowest BCUT2D eigenvalue weighted by Gasteiger charge is -1.33. The van der Waals surface area contributed by atoms with Gasteiger partial charge in [-0.2, -0.15) is 0 Å². The van der Waals surface area contributed by atoms with Crippen LogP contribution in [0.1, 0.15) is 0 Å². The van der Waals surface area contributed by atoms with Gasteiger partial charge in [-0.25, -0.2) is 0 Å². The van der Waals surface area contributed by atoms with Gasteiger partial charge in [-0.05, 0) is 0 Å². The summed E-state index contributed by atoms with van der Waals surface area (Å²) >= 11 is 0. The summed E-state index contributed by atoms with van der Waals surface area (Å²) in [5, 5.41) is 7.61. The van der Waals surface area contributed by atoms with Crippen LogP contribution in [-0.2, 0) is 4.57 Å². The van der Waals surface area contributed by atoms with Crippen molar-refractivity contribution in [3.63, 3.8) is 0 Å². The highest BCUT2D eigenvalue weighted by atomic mass is 31.1. The van der Waals surface area contributed by atoms with Crippen molar-refractivity contribution in [3.8, 4) is 5.81 Å². The van der Waals surface area contributed by atoms with Crippen LogP contribution in [0.25, 0.3) is 0 Å². The van der Waals surface area contributed by atoms with Gasteiger partial charge in [-0.15, -0.1) is 5.26 Å². The number of nitrogens with zero attached hydrogens (tertiary/aromatic N) is 1. The summed E-state index contributed by atoms with van der Waals surface area (Å²) in [6.45, 7) is 1.37. The van der Waals surface area contributed by atoms with Crippen LogP contribution in [0.2, 0.25) is 0 Å². The lowest BCUT2D eigenvalue weighted by atomic mass is 11.8. The first-order valence-electron chi connectivity index (χ1n) is 1.08. The molecular formula is C2H3NOP+. The van der Waals surface area contributed by atoms with Gasteiger partial charge in [-0.3, -0.25) is 0 Å². The molecule has 3 heteroatoms. The minimum atomic E-state index is -1.54. The standard InChI is InChI=1S/C2H3NOP/c1-5(4)2-3/h1H3/q+1. The maximum Gasteiger partial charge on any atom is 0.452 e. The van der Waals surface area contributed by atoms with Crippen LogP contribution in [0.3, 0.4) is 0 Å². The number of nitriles is 1. The largest absolute Gasteiger partial charge is 0.452 e. The summed E-state index contributed by atoms with van der Waals surface area (Å²) in [7, 11) is -1.54. The monoisotopic (exact) mass is 88.0 g/mol. The molecular weight excluding hydrogens is 85.0 g/mol.